The number of hydrogen-bond donors (Lipinski definition) is 1. The van der Waals surface area contributed by atoms with Gasteiger partial charge in [-0.1, -0.05) is 12.1 Å². The number of rotatable bonds is 6. The van der Waals surface area contributed by atoms with E-state index in [1.807, 2.05) is 24.9 Å². The SMILES string of the molecule is Cc1nc(C2CCN(Cc3cnn(C)c3)CC2)ncc1C(=O)NCc1ccc(F)cc1. The quantitative estimate of drug-likeness (QED) is 0.661. The predicted molar refractivity (Wildman–Crippen MR) is 115 cm³/mol. The first-order chi connectivity index (χ1) is 15.0. The lowest BCUT2D eigenvalue weighted by Crippen LogP contribution is -2.33. The smallest absolute Gasteiger partial charge is 0.254 e. The van der Waals surface area contributed by atoms with Gasteiger partial charge in [0.15, 0.2) is 0 Å². The maximum Gasteiger partial charge on any atom is 0.254 e. The van der Waals surface area contributed by atoms with Crippen molar-refractivity contribution in [2.75, 3.05) is 13.1 Å². The molecule has 0 spiro atoms. The van der Waals surface area contributed by atoms with E-state index in [9.17, 15) is 9.18 Å². The Labute approximate surface area is 181 Å². The van der Waals surface area contributed by atoms with Gasteiger partial charge < -0.3 is 5.32 Å². The van der Waals surface area contributed by atoms with Crippen molar-refractivity contribution in [2.24, 2.45) is 7.05 Å². The van der Waals surface area contributed by atoms with Crippen molar-refractivity contribution in [2.45, 2.75) is 38.8 Å². The molecule has 3 aromatic rings. The van der Waals surface area contributed by atoms with Gasteiger partial charge in [-0.2, -0.15) is 5.10 Å². The van der Waals surface area contributed by atoms with Gasteiger partial charge in [0.2, 0.25) is 0 Å². The molecule has 162 valence electrons. The first-order valence-corrected chi connectivity index (χ1v) is 10.5. The Balaban J connectivity index is 1.32. The van der Waals surface area contributed by atoms with Gasteiger partial charge in [0, 0.05) is 44.0 Å². The number of aromatic nitrogens is 4. The number of hydrogen-bond acceptors (Lipinski definition) is 5. The molecule has 4 rings (SSSR count). The number of nitrogens with one attached hydrogen (secondary N) is 1. The van der Waals surface area contributed by atoms with E-state index in [1.165, 1.54) is 17.7 Å². The van der Waals surface area contributed by atoms with E-state index in [0.29, 0.717) is 23.7 Å². The molecule has 1 fully saturated rings. The van der Waals surface area contributed by atoms with E-state index in [2.05, 4.69) is 31.5 Å². The molecular formula is C23H27FN6O. The number of carbonyl (C=O) groups is 1. The van der Waals surface area contributed by atoms with Crippen LogP contribution in [0.5, 0.6) is 0 Å². The lowest BCUT2D eigenvalue weighted by molar-refractivity contribution is 0.0949. The van der Waals surface area contributed by atoms with Crippen molar-refractivity contribution < 1.29 is 9.18 Å². The fraction of sp³-hybridized carbons (Fsp3) is 0.391. The average molecular weight is 423 g/mol. The highest BCUT2D eigenvalue weighted by Crippen LogP contribution is 2.26. The average Bonchev–Trinajstić information content (AvgIpc) is 3.18. The second-order valence-corrected chi connectivity index (χ2v) is 8.11. The Morgan fingerprint density at radius 1 is 1.16 bits per heavy atom. The van der Waals surface area contributed by atoms with Crippen molar-refractivity contribution in [1.29, 1.82) is 0 Å². The molecule has 0 saturated carbocycles. The summed E-state index contributed by atoms with van der Waals surface area (Å²) in [5.41, 5.74) is 3.21. The lowest BCUT2D eigenvalue weighted by Gasteiger charge is -2.31. The highest BCUT2D eigenvalue weighted by atomic mass is 19.1. The number of piperidine rings is 1. The van der Waals surface area contributed by atoms with E-state index >= 15 is 0 Å². The molecule has 0 atom stereocenters. The zero-order chi connectivity index (χ0) is 21.8. The monoisotopic (exact) mass is 422 g/mol. The molecule has 1 saturated heterocycles. The molecule has 0 unspecified atom stereocenters. The van der Waals surface area contributed by atoms with Crippen LogP contribution in [-0.2, 0) is 20.1 Å². The number of aryl methyl sites for hydroxylation is 2. The van der Waals surface area contributed by atoms with Crippen molar-refractivity contribution in [3.05, 3.63) is 76.9 Å². The number of benzene rings is 1. The number of nitrogens with zero attached hydrogens (tertiary/aromatic N) is 5. The van der Waals surface area contributed by atoms with Crippen molar-refractivity contribution in [3.63, 3.8) is 0 Å². The molecule has 0 bridgehead atoms. The van der Waals surface area contributed by atoms with E-state index in [1.54, 1.807) is 18.3 Å². The summed E-state index contributed by atoms with van der Waals surface area (Å²) >= 11 is 0. The highest BCUT2D eigenvalue weighted by molar-refractivity contribution is 5.94. The van der Waals surface area contributed by atoms with Gasteiger partial charge >= 0.3 is 0 Å². The molecule has 1 aliphatic heterocycles. The summed E-state index contributed by atoms with van der Waals surface area (Å²) in [5, 5.41) is 7.08. The molecule has 1 aromatic carbocycles. The van der Waals surface area contributed by atoms with Gasteiger partial charge in [-0.25, -0.2) is 14.4 Å². The first kappa shape index (κ1) is 21.1. The zero-order valence-corrected chi connectivity index (χ0v) is 17.9. The summed E-state index contributed by atoms with van der Waals surface area (Å²) in [5.74, 6) is 0.603. The van der Waals surface area contributed by atoms with E-state index in [4.69, 9.17) is 0 Å². The normalized spacial score (nSPS) is 15.2. The second kappa shape index (κ2) is 9.34. The fourth-order valence-corrected chi connectivity index (χ4v) is 3.95. The van der Waals surface area contributed by atoms with Crippen LogP contribution in [0.1, 0.15) is 51.8 Å². The summed E-state index contributed by atoms with van der Waals surface area (Å²) in [6, 6.07) is 6.07. The Kier molecular flexibility index (Phi) is 6.36. The summed E-state index contributed by atoms with van der Waals surface area (Å²) in [4.78, 5) is 24.1. The molecule has 31 heavy (non-hydrogen) atoms. The maximum absolute atomic E-state index is 13.0. The number of halogens is 1. The van der Waals surface area contributed by atoms with E-state index in [0.717, 1.165) is 43.9 Å². The minimum atomic E-state index is -0.294. The lowest BCUT2D eigenvalue weighted by atomic mass is 9.95. The Bertz CT molecular complexity index is 1040. The zero-order valence-electron chi connectivity index (χ0n) is 17.9. The van der Waals surface area contributed by atoms with Crippen molar-refractivity contribution in [3.8, 4) is 0 Å². The molecule has 1 amide bonds. The van der Waals surface area contributed by atoms with Crippen LogP contribution < -0.4 is 5.32 Å². The van der Waals surface area contributed by atoms with Gasteiger partial charge in [0.25, 0.3) is 5.91 Å². The molecule has 1 aliphatic rings. The Morgan fingerprint density at radius 2 is 1.90 bits per heavy atom. The van der Waals surface area contributed by atoms with E-state index in [-0.39, 0.29) is 11.7 Å². The van der Waals surface area contributed by atoms with Gasteiger partial charge in [-0.15, -0.1) is 0 Å². The van der Waals surface area contributed by atoms with E-state index < -0.39 is 0 Å². The largest absolute Gasteiger partial charge is 0.348 e. The highest BCUT2D eigenvalue weighted by Gasteiger charge is 2.24. The summed E-state index contributed by atoms with van der Waals surface area (Å²) in [7, 11) is 1.93. The minimum absolute atomic E-state index is 0.223. The van der Waals surface area contributed by atoms with Crippen LogP contribution in [0.25, 0.3) is 0 Å². The fourth-order valence-electron chi connectivity index (χ4n) is 3.95. The third kappa shape index (κ3) is 5.32. The third-order valence-corrected chi connectivity index (χ3v) is 5.73. The Hall–Kier alpha value is -3.13. The van der Waals surface area contributed by atoms with Crippen LogP contribution in [0.15, 0.2) is 42.9 Å². The molecule has 3 heterocycles. The van der Waals surface area contributed by atoms with Crippen molar-refractivity contribution >= 4 is 5.91 Å². The number of likely N-dealkylation sites (tertiary alicyclic amines) is 1. The van der Waals surface area contributed by atoms with Crippen LogP contribution in [0.2, 0.25) is 0 Å². The molecular weight excluding hydrogens is 395 g/mol. The number of amides is 1. The minimum Gasteiger partial charge on any atom is -0.348 e. The first-order valence-electron chi connectivity index (χ1n) is 10.5. The molecule has 1 N–H and O–H groups in total. The standard InChI is InChI=1S/C23H27FN6O/c1-16-21(23(31)26-11-17-3-5-20(24)6-4-17)13-25-22(28-16)19-7-9-30(10-8-19)15-18-12-27-29(2)14-18/h3-6,12-14,19H,7-11,15H2,1-2H3,(H,26,31). The molecule has 7 nitrogen and oxygen atoms in total. The van der Waals surface area contributed by atoms with Crippen LogP contribution in [-0.4, -0.2) is 43.6 Å². The summed E-state index contributed by atoms with van der Waals surface area (Å²) in [6.07, 6.45) is 7.59. The number of carbonyl (C=O) groups excluding carboxylic acids is 1. The molecule has 0 aliphatic carbocycles. The summed E-state index contributed by atoms with van der Waals surface area (Å²) < 4.78 is 14.8. The van der Waals surface area contributed by atoms with Gasteiger partial charge in [0.05, 0.1) is 17.5 Å². The van der Waals surface area contributed by atoms with Crippen LogP contribution in [0.4, 0.5) is 4.39 Å². The molecule has 2 aromatic heterocycles. The van der Waals surface area contributed by atoms with Gasteiger partial charge in [-0.05, 0) is 50.6 Å². The maximum atomic E-state index is 13.0. The van der Waals surface area contributed by atoms with Gasteiger partial charge in [-0.3, -0.25) is 14.4 Å². The summed E-state index contributed by atoms with van der Waals surface area (Å²) in [6.45, 7) is 5.06. The molecule has 0 radical (unpaired) electrons. The molecule has 8 heteroatoms. The predicted octanol–water partition coefficient (Wildman–Crippen LogP) is 2.97. The topological polar surface area (TPSA) is 75.9 Å². The second-order valence-electron chi connectivity index (χ2n) is 8.11. The van der Waals surface area contributed by atoms with Gasteiger partial charge in [0.1, 0.15) is 11.6 Å². The van der Waals surface area contributed by atoms with Crippen molar-refractivity contribution in [1.82, 2.24) is 30.0 Å². The van der Waals surface area contributed by atoms with Crippen LogP contribution in [0.3, 0.4) is 0 Å². The Morgan fingerprint density at radius 3 is 2.55 bits per heavy atom. The van der Waals surface area contributed by atoms with Crippen LogP contribution >= 0.6 is 0 Å². The van der Waals surface area contributed by atoms with Crippen LogP contribution in [0, 0.1) is 12.7 Å². The third-order valence-electron chi connectivity index (χ3n) is 5.73.